The Balaban J connectivity index is 1.42. The molecule has 1 aliphatic heterocycles. The molecule has 158 valence electrons. The van der Waals surface area contributed by atoms with E-state index in [4.69, 9.17) is 0 Å². The Kier molecular flexibility index (Phi) is 7.17. The van der Waals surface area contributed by atoms with E-state index in [1.54, 1.807) is 53.1 Å². The number of carbonyl (C=O) groups is 3. The number of amides is 3. The van der Waals surface area contributed by atoms with Crippen molar-refractivity contribution in [2.24, 2.45) is 0 Å². The predicted molar refractivity (Wildman–Crippen MR) is 111 cm³/mol. The van der Waals surface area contributed by atoms with E-state index in [0.29, 0.717) is 31.7 Å². The standard InChI is InChI=1S/C23H26FN3O3/c1-17(25-23(30)19-5-3-2-4-6-19)15-21(28)26-11-13-27(14-12-26)22(29)16-18-7-9-20(24)10-8-18/h2-10,17H,11-16H2,1H3,(H,25,30). The highest BCUT2D eigenvalue weighted by molar-refractivity contribution is 5.94. The van der Waals surface area contributed by atoms with Gasteiger partial charge in [0.15, 0.2) is 0 Å². The van der Waals surface area contributed by atoms with Gasteiger partial charge in [-0.1, -0.05) is 30.3 Å². The molecule has 6 nitrogen and oxygen atoms in total. The fraction of sp³-hybridized carbons (Fsp3) is 0.348. The van der Waals surface area contributed by atoms with Gasteiger partial charge in [-0.2, -0.15) is 0 Å². The van der Waals surface area contributed by atoms with Crippen LogP contribution in [0.4, 0.5) is 4.39 Å². The maximum Gasteiger partial charge on any atom is 0.251 e. The van der Waals surface area contributed by atoms with Gasteiger partial charge in [-0.25, -0.2) is 4.39 Å². The molecule has 3 amide bonds. The zero-order valence-corrected chi connectivity index (χ0v) is 17.0. The molecule has 1 saturated heterocycles. The fourth-order valence-corrected chi connectivity index (χ4v) is 3.43. The van der Waals surface area contributed by atoms with Crippen molar-refractivity contribution in [1.29, 1.82) is 0 Å². The van der Waals surface area contributed by atoms with Crippen molar-refractivity contribution in [3.05, 3.63) is 71.5 Å². The minimum Gasteiger partial charge on any atom is -0.349 e. The minimum atomic E-state index is -0.326. The first-order valence-corrected chi connectivity index (χ1v) is 10.1. The zero-order valence-electron chi connectivity index (χ0n) is 17.0. The number of nitrogens with one attached hydrogen (secondary N) is 1. The maximum absolute atomic E-state index is 13.0. The fourth-order valence-electron chi connectivity index (χ4n) is 3.43. The molecule has 0 saturated carbocycles. The Hall–Kier alpha value is -3.22. The van der Waals surface area contributed by atoms with Gasteiger partial charge >= 0.3 is 0 Å². The SMILES string of the molecule is CC(CC(=O)N1CCN(C(=O)Cc2ccc(F)cc2)CC1)NC(=O)c1ccccc1. The average molecular weight is 411 g/mol. The van der Waals surface area contributed by atoms with E-state index < -0.39 is 0 Å². The zero-order chi connectivity index (χ0) is 21.5. The van der Waals surface area contributed by atoms with Crippen LogP contribution in [0.25, 0.3) is 0 Å². The molecule has 1 unspecified atom stereocenters. The van der Waals surface area contributed by atoms with E-state index in [2.05, 4.69) is 5.32 Å². The summed E-state index contributed by atoms with van der Waals surface area (Å²) >= 11 is 0. The topological polar surface area (TPSA) is 69.7 Å². The van der Waals surface area contributed by atoms with Crippen LogP contribution in [0, 0.1) is 5.82 Å². The van der Waals surface area contributed by atoms with Crippen LogP contribution in [0.1, 0.15) is 29.3 Å². The maximum atomic E-state index is 13.0. The third-order valence-electron chi connectivity index (χ3n) is 5.15. The first-order chi connectivity index (χ1) is 14.4. The lowest BCUT2D eigenvalue weighted by atomic mass is 10.1. The van der Waals surface area contributed by atoms with E-state index in [-0.39, 0.29) is 42.4 Å². The molecule has 2 aromatic rings. The smallest absolute Gasteiger partial charge is 0.251 e. The number of nitrogens with zero attached hydrogens (tertiary/aromatic N) is 2. The van der Waals surface area contributed by atoms with Crippen LogP contribution in [-0.2, 0) is 16.0 Å². The molecule has 1 N–H and O–H groups in total. The number of hydrogen-bond donors (Lipinski definition) is 1. The first-order valence-electron chi connectivity index (χ1n) is 10.1. The molecule has 0 aliphatic carbocycles. The molecule has 0 radical (unpaired) electrons. The monoisotopic (exact) mass is 411 g/mol. The van der Waals surface area contributed by atoms with Gasteiger partial charge in [-0.05, 0) is 36.8 Å². The summed E-state index contributed by atoms with van der Waals surface area (Å²) in [6.45, 7) is 3.68. The molecule has 0 spiro atoms. The normalized spacial score (nSPS) is 14.9. The molecule has 0 bridgehead atoms. The third kappa shape index (κ3) is 5.89. The van der Waals surface area contributed by atoms with Crippen LogP contribution in [0.3, 0.4) is 0 Å². The molecular weight excluding hydrogens is 385 g/mol. The number of halogens is 1. The lowest BCUT2D eigenvalue weighted by molar-refractivity contribution is -0.139. The van der Waals surface area contributed by atoms with Gasteiger partial charge in [-0.3, -0.25) is 14.4 Å². The van der Waals surface area contributed by atoms with Crippen LogP contribution < -0.4 is 5.32 Å². The Morgan fingerprint density at radius 2 is 1.47 bits per heavy atom. The second kappa shape index (κ2) is 10.0. The van der Waals surface area contributed by atoms with Crippen LogP contribution in [0.2, 0.25) is 0 Å². The van der Waals surface area contributed by atoms with Gasteiger partial charge in [0.1, 0.15) is 5.82 Å². The van der Waals surface area contributed by atoms with Gasteiger partial charge < -0.3 is 15.1 Å². The third-order valence-corrected chi connectivity index (χ3v) is 5.15. The summed E-state index contributed by atoms with van der Waals surface area (Å²) in [4.78, 5) is 40.7. The summed E-state index contributed by atoms with van der Waals surface area (Å²) in [6.07, 6.45) is 0.429. The Labute approximate surface area is 175 Å². The van der Waals surface area contributed by atoms with E-state index >= 15 is 0 Å². The van der Waals surface area contributed by atoms with Gasteiger partial charge in [0.25, 0.3) is 5.91 Å². The summed E-state index contributed by atoms with van der Waals surface area (Å²) in [7, 11) is 0. The van der Waals surface area contributed by atoms with Gasteiger partial charge in [0.05, 0.1) is 6.42 Å². The van der Waals surface area contributed by atoms with Crippen LogP contribution in [-0.4, -0.2) is 59.7 Å². The van der Waals surface area contributed by atoms with E-state index in [1.807, 2.05) is 6.07 Å². The molecule has 2 aromatic carbocycles. The molecule has 0 aromatic heterocycles. The molecule has 3 rings (SSSR count). The summed E-state index contributed by atoms with van der Waals surface area (Å²) in [5.41, 5.74) is 1.33. The van der Waals surface area contributed by atoms with Crippen molar-refractivity contribution in [2.45, 2.75) is 25.8 Å². The molecule has 1 fully saturated rings. The summed E-state index contributed by atoms with van der Waals surface area (Å²) < 4.78 is 13.0. The van der Waals surface area contributed by atoms with E-state index in [0.717, 1.165) is 5.56 Å². The van der Waals surface area contributed by atoms with Crippen molar-refractivity contribution in [3.8, 4) is 0 Å². The predicted octanol–water partition coefficient (Wildman–Crippen LogP) is 2.25. The average Bonchev–Trinajstić information content (AvgIpc) is 2.76. The Bertz CT molecular complexity index is 878. The number of hydrogen-bond acceptors (Lipinski definition) is 3. The molecule has 30 heavy (non-hydrogen) atoms. The molecular formula is C23H26FN3O3. The largest absolute Gasteiger partial charge is 0.349 e. The molecule has 1 heterocycles. The highest BCUT2D eigenvalue weighted by atomic mass is 19.1. The second-order valence-corrected chi connectivity index (χ2v) is 7.51. The Morgan fingerprint density at radius 1 is 0.900 bits per heavy atom. The highest BCUT2D eigenvalue weighted by Gasteiger charge is 2.25. The van der Waals surface area contributed by atoms with Crippen LogP contribution in [0.15, 0.2) is 54.6 Å². The molecule has 1 aliphatic rings. The van der Waals surface area contributed by atoms with Crippen molar-refractivity contribution in [3.63, 3.8) is 0 Å². The van der Waals surface area contributed by atoms with Crippen molar-refractivity contribution in [2.75, 3.05) is 26.2 Å². The van der Waals surface area contributed by atoms with Crippen molar-refractivity contribution < 1.29 is 18.8 Å². The number of piperazine rings is 1. The highest BCUT2D eigenvalue weighted by Crippen LogP contribution is 2.10. The summed E-state index contributed by atoms with van der Waals surface area (Å²) in [5.74, 6) is -0.599. The van der Waals surface area contributed by atoms with Crippen LogP contribution >= 0.6 is 0 Å². The lowest BCUT2D eigenvalue weighted by Crippen LogP contribution is -2.51. The number of carbonyl (C=O) groups excluding carboxylic acids is 3. The summed E-state index contributed by atoms with van der Waals surface area (Å²) in [6, 6.07) is 14.5. The number of rotatable bonds is 6. The second-order valence-electron chi connectivity index (χ2n) is 7.51. The van der Waals surface area contributed by atoms with E-state index in [1.165, 1.54) is 12.1 Å². The van der Waals surface area contributed by atoms with E-state index in [9.17, 15) is 18.8 Å². The summed E-state index contributed by atoms with van der Waals surface area (Å²) in [5, 5.41) is 2.85. The van der Waals surface area contributed by atoms with Gasteiger partial charge in [-0.15, -0.1) is 0 Å². The molecule has 1 atom stereocenters. The lowest BCUT2D eigenvalue weighted by Gasteiger charge is -2.35. The quantitative estimate of drug-likeness (QED) is 0.793. The van der Waals surface area contributed by atoms with Gasteiger partial charge in [0.2, 0.25) is 11.8 Å². The molecule has 7 heteroatoms. The van der Waals surface area contributed by atoms with Crippen LogP contribution in [0.5, 0.6) is 0 Å². The van der Waals surface area contributed by atoms with Crippen molar-refractivity contribution in [1.82, 2.24) is 15.1 Å². The first kappa shape index (κ1) is 21.5. The van der Waals surface area contributed by atoms with Crippen molar-refractivity contribution >= 4 is 17.7 Å². The minimum absolute atomic E-state index is 0.0304. The Morgan fingerprint density at radius 3 is 2.07 bits per heavy atom. The van der Waals surface area contributed by atoms with Gasteiger partial charge in [0, 0.05) is 44.2 Å². The number of benzene rings is 2.